The first-order valence-electron chi connectivity index (χ1n) is 4.33. The molecule has 1 heterocycles. The number of nitrogen functional groups attached to an aromatic ring is 1. The van der Waals surface area contributed by atoms with E-state index in [1.54, 1.807) is 18.3 Å². The van der Waals surface area contributed by atoms with Crippen LogP contribution in [0.1, 0.15) is 4.88 Å². The highest BCUT2D eigenvalue weighted by atomic mass is 35.5. The third-order valence-corrected chi connectivity index (χ3v) is 3.76. The van der Waals surface area contributed by atoms with Crippen LogP contribution in [-0.2, 0) is 0 Å². The maximum Gasteiger partial charge on any atom is 0.134 e. The van der Waals surface area contributed by atoms with E-state index in [1.807, 2.05) is 6.07 Å². The number of hydrogen-bond donors (Lipinski definition) is 2. The molecule has 0 amide bonds. The van der Waals surface area contributed by atoms with Gasteiger partial charge in [0.1, 0.15) is 10.8 Å². The summed E-state index contributed by atoms with van der Waals surface area (Å²) >= 11 is 13.1. The van der Waals surface area contributed by atoms with Gasteiger partial charge in [0, 0.05) is 11.8 Å². The maximum atomic E-state index is 7.29. The number of nitrogens with two attached hydrogens (primary N) is 1. The van der Waals surface area contributed by atoms with E-state index in [-0.39, 0.29) is 5.84 Å². The van der Waals surface area contributed by atoms with Crippen molar-refractivity contribution in [1.82, 2.24) is 4.98 Å². The van der Waals surface area contributed by atoms with E-state index in [1.165, 1.54) is 11.3 Å². The Bertz CT molecular complexity index is 551. The second-order valence-electron chi connectivity index (χ2n) is 3.07. The highest BCUT2D eigenvalue weighted by molar-refractivity contribution is 7.16. The topological polar surface area (TPSA) is 62.8 Å². The van der Waals surface area contributed by atoms with Crippen LogP contribution in [0, 0.1) is 5.41 Å². The van der Waals surface area contributed by atoms with Gasteiger partial charge in [0.15, 0.2) is 0 Å². The van der Waals surface area contributed by atoms with Crippen molar-refractivity contribution in [2.45, 2.75) is 0 Å². The second kappa shape index (κ2) is 4.41. The van der Waals surface area contributed by atoms with Gasteiger partial charge in [-0.3, -0.25) is 5.41 Å². The Balaban J connectivity index is 2.42. The number of nitrogens with zero attached hydrogens (tertiary/aromatic N) is 1. The van der Waals surface area contributed by atoms with E-state index in [2.05, 4.69) is 4.98 Å². The Morgan fingerprint density at radius 2 is 2.06 bits per heavy atom. The SMILES string of the molecule is N=C(N)c1cnc(-c2ccc(Cl)c(Cl)c2)s1. The van der Waals surface area contributed by atoms with Crippen LogP contribution >= 0.6 is 34.5 Å². The Morgan fingerprint density at radius 3 is 2.62 bits per heavy atom. The Kier molecular flexibility index (Phi) is 3.14. The van der Waals surface area contributed by atoms with Crippen molar-refractivity contribution in [3.8, 4) is 10.6 Å². The molecule has 0 saturated carbocycles. The van der Waals surface area contributed by atoms with Gasteiger partial charge in [-0.2, -0.15) is 0 Å². The Hall–Kier alpha value is -1.10. The molecule has 2 rings (SSSR count). The first kappa shape index (κ1) is 11.4. The molecule has 1 aromatic carbocycles. The van der Waals surface area contributed by atoms with Crippen molar-refractivity contribution in [2.24, 2.45) is 5.73 Å². The summed E-state index contributed by atoms with van der Waals surface area (Å²) in [5.74, 6) is 0.0174. The lowest BCUT2D eigenvalue weighted by molar-refractivity contribution is 1.39. The zero-order valence-electron chi connectivity index (χ0n) is 8.00. The number of hydrogen-bond acceptors (Lipinski definition) is 3. The highest BCUT2D eigenvalue weighted by Crippen LogP contribution is 2.30. The minimum absolute atomic E-state index is 0.0174. The van der Waals surface area contributed by atoms with Gasteiger partial charge in [0.05, 0.1) is 14.9 Å². The number of halogens is 2. The molecule has 82 valence electrons. The summed E-state index contributed by atoms with van der Waals surface area (Å²) in [6.07, 6.45) is 1.57. The molecule has 0 aliphatic heterocycles. The molecule has 0 aliphatic rings. The summed E-state index contributed by atoms with van der Waals surface area (Å²) in [6.45, 7) is 0. The van der Waals surface area contributed by atoms with Crippen LogP contribution in [0.25, 0.3) is 10.6 Å². The van der Waals surface area contributed by atoms with Crippen molar-refractivity contribution in [3.63, 3.8) is 0 Å². The fraction of sp³-hybridized carbons (Fsp3) is 0. The third kappa shape index (κ3) is 2.19. The number of aromatic nitrogens is 1. The van der Waals surface area contributed by atoms with Gasteiger partial charge in [0.25, 0.3) is 0 Å². The van der Waals surface area contributed by atoms with Crippen LogP contribution in [0.3, 0.4) is 0 Å². The highest BCUT2D eigenvalue weighted by Gasteiger charge is 2.08. The average Bonchev–Trinajstić information content (AvgIpc) is 2.71. The summed E-state index contributed by atoms with van der Waals surface area (Å²) in [7, 11) is 0. The molecule has 0 atom stereocenters. The van der Waals surface area contributed by atoms with Crippen molar-refractivity contribution in [3.05, 3.63) is 39.3 Å². The lowest BCUT2D eigenvalue weighted by Crippen LogP contribution is -2.08. The molecular formula is C10H7Cl2N3S. The van der Waals surface area contributed by atoms with E-state index < -0.39 is 0 Å². The van der Waals surface area contributed by atoms with Crippen molar-refractivity contribution < 1.29 is 0 Å². The lowest BCUT2D eigenvalue weighted by atomic mass is 10.2. The number of thiazole rings is 1. The molecule has 0 radical (unpaired) electrons. The molecule has 0 spiro atoms. The van der Waals surface area contributed by atoms with E-state index in [9.17, 15) is 0 Å². The largest absolute Gasteiger partial charge is 0.383 e. The molecule has 0 bridgehead atoms. The van der Waals surface area contributed by atoms with Gasteiger partial charge < -0.3 is 5.73 Å². The summed E-state index contributed by atoms with van der Waals surface area (Å²) in [5, 5.41) is 9.05. The average molecular weight is 272 g/mol. The molecule has 0 unspecified atom stereocenters. The van der Waals surface area contributed by atoms with Gasteiger partial charge >= 0.3 is 0 Å². The quantitative estimate of drug-likeness (QED) is 0.650. The summed E-state index contributed by atoms with van der Waals surface area (Å²) in [6, 6.07) is 5.29. The maximum absolute atomic E-state index is 7.29. The van der Waals surface area contributed by atoms with Crippen LogP contribution in [0.15, 0.2) is 24.4 Å². The predicted octanol–water partition coefficient (Wildman–Crippen LogP) is 3.40. The van der Waals surface area contributed by atoms with E-state index in [0.29, 0.717) is 14.9 Å². The molecule has 0 fully saturated rings. The minimum Gasteiger partial charge on any atom is -0.383 e. The van der Waals surface area contributed by atoms with Crippen molar-refractivity contribution in [2.75, 3.05) is 0 Å². The van der Waals surface area contributed by atoms with Crippen LogP contribution < -0.4 is 5.73 Å². The molecule has 6 heteroatoms. The summed E-state index contributed by atoms with van der Waals surface area (Å²) in [4.78, 5) is 4.81. The molecule has 0 saturated heterocycles. The van der Waals surface area contributed by atoms with Crippen molar-refractivity contribution >= 4 is 40.4 Å². The second-order valence-corrected chi connectivity index (χ2v) is 4.92. The minimum atomic E-state index is 0.0174. The first-order valence-corrected chi connectivity index (χ1v) is 5.91. The molecule has 16 heavy (non-hydrogen) atoms. The van der Waals surface area contributed by atoms with Crippen LogP contribution in [0.4, 0.5) is 0 Å². The van der Waals surface area contributed by atoms with Crippen LogP contribution in [0.2, 0.25) is 10.0 Å². The molecule has 1 aromatic heterocycles. The normalized spacial score (nSPS) is 10.4. The lowest BCUT2D eigenvalue weighted by Gasteiger charge is -1.98. The summed E-state index contributed by atoms with van der Waals surface area (Å²) < 4.78 is 0. The fourth-order valence-electron chi connectivity index (χ4n) is 1.16. The van der Waals surface area contributed by atoms with Gasteiger partial charge in [-0.15, -0.1) is 11.3 Å². The van der Waals surface area contributed by atoms with E-state index >= 15 is 0 Å². The Morgan fingerprint density at radius 1 is 1.31 bits per heavy atom. The molecular weight excluding hydrogens is 265 g/mol. The van der Waals surface area contributed by atoms with Gasteiger partial charge in [0.2, 0.25) is 0 Å². The number of amidine groups is 1. The standard InChI is InChI=1S/C10H7Cl2N3S/c11-6-2-1-5(3-7(6)12)10-15-4-8(16-10)9(13)14/h1-4H,(H3,13,14). The zero-order chi connectivity index (χ0) is 11.7. The van der Waals surface area contributed by atoms with Crippen LogP contribution in [0.5, 0.6) is 0 Å². The third-order valence-electron chi connectivity index (χ3n) is 1.94. The Labute approximate surface area is 106 Å². The van der Waals surface area contributed by atoms with Gasteiger partial charge in [-0.25, -0.2) is 4.98 Å². The number of nitrogens with one attached hydrogen (secondary N) is 1. The molecule has 0 aliphatic carbocycles. The first-order chi connectivity index (χ1) is 7.58. The van der Waals surface area contributed by atoms with Crippen molar-refractivity contribution in [1.29, 1.82) is 5.41 Å². The number of rotatable bonds is 2. The predicted molar refractivity (Wildman–Crippen MR) is 68.6 cm³/mol. The van der Waals surface area contributed by atoms with Gasteiger partial charge in [-0.05, 0) is 12.1 Å². The number of benzene rings is 1. The smallest absolute Gasteiger partial charge is 0.134 e. The van der Waals surface area contributed by atoms with Gasteiger partial charge in [-0.1, -0.05) is 29.3 Å². The zero-order valence-corrected chi connectivity index (χ0v) is 10.3. The molecule has 3 N–H and O–H groups in total. The molecule has 2 aromatic rings. The van der Waals surface area contributed by atoms with E-state index in [4.69, 9.17) is 34.3 Å². The van der Waals surface area contributed by atoms with Crippen LogP contribution in [-0.4, -0.2) is 10.8 Å². The molecule has 3 nitrogen and oxygen atoms in total. The van der Waals surface area contributed by atoms with E-state index in [0.717, 1.165) is 10.6 Å². The summed E-state index contributed by atoms with van der Waals surface area (Å²) in [5.41, 5.74) is 6.23. The fourth-order valence-corrected chi connectivity index (χ4v) is 2.23. The monoisotopic (exact) mass is 271 g/mol.